The van der Waals surface area contributed by atoms with Crippen LogP contribution < -0.4 is 5.73 Å². The van der Waals surface area contributed by atoms with Crippen LogP contribution in [-0.4, -0.2) is 21.6 Å². The summed E-state index contributed by atoms with van der Waals surface area (Å²) in [6, 6.07) is 6.66. The molecule has 0 bridgehead atoms. The summed E-state index contributed by atoms with van der Waals surface area (Å²) in [6.07, 6.45) is 5.76. The zero-order valence-electron chi connectivity index (χ0n) is 10.9. The maximum Gasteiger partial charge on any atom is 0.123 e. The van der Waals surface area contributed by atoms with Crippen LogP contribution in [0.5, 0.6) is 0 Å². The SMILES string of the molecule is Cn1cc(CCC(N)CSc2ccc(F)cc2)cn1. The van der Waals surface area contributed by atoms with Crippen molar-refractivity contribution in [1.29, 1.82) is 0 Å². The monoisotopic (exact) mass is 279 g/mol. The summed E-state index contributed by atoms with van der Waals surface area (Å²) in [6.45, 7) is 0. The van der Waals surface area contributed by atoms with E-state index in [4.69, 9.17) is 5.73 Å². The lowest BCUT2D eigenvalue weighted by atomic mass is 10.1. The highest BCUT2D eigenvalue weighted by atomic mass is 32.2. The maximum atomic E-state index is 12.8. The number of nitrogens with zero attached hydrogens (tertiary/aromatic N) is 2. The second-order valence-electron chi connectivity index (χ2n) is 4.59. The van der Waals surface area contributed by atoms with Crippen molar-refractivity contribution < 1.29 is 4.39 Å². The standard InChI is InChI=1S/C14H18FN3S/c1-18-9-11(8-17-18)2-5-13(16)10-19-14-6-3-12(15)4-7-14/h3-4,6-9,13H,2,5,10,16H2,1H3. The van der Waals surface area contributed by atoms with Crippen LogP contribution in [0.25, 0.3) is 0 Å². The fourth-order valence-electron chi connectivity index (χ4n) is 1.77. The summed E-state index contributed by atoms with van der Waals surface area (Å²) < 4.78 is 14.6. The minimum absolute atomic E-state index is 0.134. The first kappa shape index (κ1) is 14.1. The number of aryl methyl sites for hydroxylation is 2. The highest BCUT2D eigenvalue weighted by Gasteiger charge is 2.05. The molecule has 0 saturated heterocycles. The van der Waals surface area contributed by atoms with E-state index in [0.717, 1.165) is 23.5 Å². The molecule has 0 saturated carbocycles. The van der Waals surface area contributed by atoms with Crippen LogP contribution >= 0.6 is 11.8 Å². The van der Waals surface area contributed by atoms with Gasteiger partial charge in [0, 0.05) is 29.9 Å². The predicted molar refractivity (Wildman–Crippen MR) is 76.6 cm³/mol. The number of aromatic nitrogens is 2. The van der Waals surface area contributed by atoms with Crippen LogP contribution in [0.4, 0.5) is 4.39 Å². The average Bonchev–Trinajstić information content (AvgIpc) is 2.81. The molecule has 0 aliphatic rings. The fraction of sp³-hybridized carbons (Fsp3) is 0.357. The lowest BCUT2D eigenvalue weighted by Gasteiger charge is -2.10. The third-order valence-electron chi connectivity index (χ3n) is 2.84. The van der Waals surface area contributed by atoms with E-state index in [1.807, 2.05) is 19.4 Å². The molecule has 0 aliphatic carbocycles. The Morgan fingerprint density at radius 3 is 2.74 bits per heavy atom. The Hall–Kier alpha value is -1.33. The molecule has 0 amide bonds. The number of halogens is 1. The molecule has 2 aromatic rings. The molecule has 3 nitrogen and oxygen atoms in total. The van der Waals surface area contributed by atoms with Gasteiger partial charge in [0.25, 0.3) is 0 Å². The zero-order valence-corrected chi connectivity index (χ0v) is 11.7. The van der Waals surface area contributed by atoms with Gasteiger partial charge >= 0.3 is 0 Å². The quantitative estimate of drug-likeness (QED) is 0.827. The van der Waals surface area contributed by atoms with Gasteiger partial charge in [0.05, 0.1) is 6.20 Å². The average molecular weight is 279 g/mol. The molecule has 1 unspecified atom stereocenters. The molecule has 1 heterocycles. The van der Waals surface area contributed by atoms with Crippen LogP contribution in [0.15, 0.2) is 41.6 Å². The predicted octanol–water partition coefficient (Wildman–Crippen LogP) is 2.61. The van der Waals surface area contributed by atoms with Crippen molar-refractivity contribution in [1.82, 2.24) is 9.78 Å². The topological polar surface area (TPSA) is 43.8 Å². The number of benzene rings is 1. The first-order valence-corrected chi connectivity index (χ1v) is 7.23. The highest BCUT2D eigenvalue weighted by Crippen LogP contribution is 2.19. The van der Waals surface area contributed by atoms with Crippen molar-refractivity contribution in [2.24, 2.45) is 12.8 Å². The molecule has 0 spiro atoms. The van der Waals surface area contributed by atoms with Gasteiger partial charge < -0.3 is 5.73 Å². The second kappa shape index (κ2) is 6.73. The van der Waals surface area contributed by atoms with Crippen molar-refractivity contribution in [3.05, 3.63) is 48.0 Å². The van der Waals surface area contributed by atoms with E-state index in [1.54, 1.807) is 28.6 Å². The van der Waals surface area contributed by atoms with E-state index in [-0.39, 0.29) is 11.9 Å². The molecule has 1 atom stereocenters. The van der Waals surface area contributed by atoms with Gasteiger partial charge in [0.2, 0.25) is 0 Å². The van der Waals surface area contributed by atoms with Gasteiger partial charge in [-0.3, -0.25) is 4.68 Å². The fourth-order valence-corrected chi connectivity index (χ4v) is 2.67. The van der Waals surface area contributed by atoms with Gasteiger partial charge in [-0.2, -0.15) is 5.10 Å². The van der Waals surface area contributed by atoms with Crippen LogP contribution in [0.2, 0.25) is 0 Å². The van der Waals surface area contributed by atoms with Gasteiger partial charge in [-0.15, -0.1) is 11.8 Å². The summed E-state index contributed by atoms with van der Waals surface area (Å²) in [5, 5.41) is 4.13. The number of nitrogens with two attached hydrogens (primary N) is 1. The lowest BCUT2D eigenvalue weighted by molar-refractivity contribution is 0.626. The van der Waals surface area contributed by atoms with Crippen LogP contribution in [-0.2, 0) is 13.5 Å². The van der Waals surface area contributed by atoms with E-state index in [1.165, 1.54) is 17.7 Å². The van der Waals surface area contributed by atoms with Gasteiger partial charge in [0.15, 0.2) is 0 Å². The van der Waals surface area contributed by atoms with Crippen molar-refractivity contribution in [3.8, 4) is 0 Å². The Kier molecular flexibility index (Phi) is 4.99. The molecule has 0 radical (unpaired) electrons. The van der Waals surface area contributed by atoms with Crippen LogP contribution in [0.1, 0.15) is 12.0 Å². The maximum absolute atomic E-state index is 12.8. The van der Waals surface area contributed by atoms with Gasteiger partial charge in [0.1, 0.15) is 5.82 Å². The van der Waals surface area contributed by atoms with E-state index in [0.29, 0.717) is 0 Å². The number of hydrogen-bond acceptors (Lipinski definition) is 3. The summed E-state index contributed by atoms with van der Waals surface area (Å²) in [7, 11) is 1.91. The summed E-state index contributed by atoms with van der Waals surface area (Å²) in [5.41, 5.74) is 7.30. The van der Waals surface area contributed by atoms with Gasteiger partial charge in [-0.1, -0.05) is 0 Å². The second-order valence-corrected chi connectivity index (χ2v) is 5.68. The molecule has 1 aromatic heterocycles. The van der Waals surface area contributed by atoms with E-state index in [9.17, 15) is 4.39 Å². The highest BCUT2D eigenvalue weighted by molar-refractivity contribution is 7.99. The Morgan fingerprint density at radius 2 is 2.11 bits per heavy atom. The Balaban J connectivity index is 1.72. The molecule has 2 N–H and O–H groups in total. The minimum atomic E-state index is -0.203. The van der Waals surface area contributed by atoms with Crippen molar-refractivity contribution in [2.45, 2.75) is 23.8 Å². The summed E-state index contributed by atoms with van der Waals surface area (Å²) in [5.74, 6) is 0.636. The third kappa shape index (κ3) is 4.69. The largest absolute Gasteiger partial charge is 0.327 e. The number of rotatable bonds is 6. The summed E-state index contributed by atoms with van der Waals surface area (Å²) >= 11 is 1.67. The lowest BCUT2D eigenvalue weighted by Crippen LogP contribution is -2.23. The first-order valence-electron chi connectivity index (χ1n) is 6.25. The molecule has 1 aromatic carbocycles. The van der Waals surface area contributed by atoms with Crippen LogP contribution in [0, 0.1) is 5.82 Å². The normalized spacial score (nSPS) is 12.6. The Labute approximate surface area is 117 Å². The van der Waals surface area contributed by atoms with Gasteiger partial charge in [-0.05, 0) is 42.7 Å². The van der Waals surface area contributed by atoms with E-state index in [2.05, 4.69) is 5.10 Å². The number of hydrogen-bond donors (Lipinski definition) is 1. The third-order valence-corrected chi connectivity index (χ3v) is 4.04. The van der Waals surface area contributed by atoms with Crippen molar-refractivity contribution in [3.63, 3.8) is 0 Å². The summed E-state index contributed by atoms with van der Waals surface area (Å²) in [4.78, 5) is 1.05. The number of thioether (sulfide) groups is 1. The molecule has 19 heavy (non-hydrogen) atoms. The molecule has 102 valence electrons. The van der Waals surface area contributed by atoms with E-state index >= 15 is 0 Å². The van der Waals surface area contributed by atoms with E-state index < -0.39 is 0 Å². The molecule has 0 fully saturated rings. The van der Waals surface area contributed by atoms with Gasteiger partial charge in [-0.25, -0.2) is 4.39 Å². The molecule has 5 heteroatoms. The molecular weight excluding hydrogens is 261 g/mol. The van der Waals surface area contributed by atoms with Crippen LogP contribution in [0.3, 0.4) is 0 Å². The minimum Gasteiger partial charge on any atom is -0.327 e. The van der Waals surface area contributed by atoms with Crippen molar-refractivity contribution in [2.75, 3.05) is 5.75 Å². The Morgan fingerprint density at radius 1 is 1.37 bits per heavy atom. The Bertz CT molecular complexity index is 510. The molecule has 2 rings (SSSR count). The smallest absolute Gasteiger partial charge is 0.123 e. The zero-order chi connectivity index (χ0) is 13.7. The van der Waals surface area contributed by atoms with Crippen molar-refractivity contribution >= 4 is 11.8 Å². The molecule has 0 aliphatic heterocycles. The first-order chi connectivity index (χ1) is 9.13. The molecular formula is C14H18FN3S.